The van der Waals surface area contributed by atoms with Crippen LogP contribution in [0.15, 0.2) is 24.3 Å². The lowest BCUT2D eigenvalue weighted by Crippen LogP contribution is -2.40. The first-order valence-corrected chi connectivity index (χ1v) is 8.78. The molecular weight excluding hydrogens is 256 g/mol. The topological polar surface area (TPSA) is 9.23 Å². The molecular formula is C20H30O. The second kappa shape index (κ2) is 5.66. The van der Waals surface area contributed by atoms with E-state index in [2.05, 4.69) is 52.0 Å². The molecule has 0 amide bonds. The van der Waals surface area contributed by atoms with Crippen molar-refractivity contribution >= 4 is 0 Å². The standard InChI is InChI=1S/C20H30O/c1-5-14(2)16-8-10-18(11-9-16)21-20(3,4)19-13-15-6-7-17(19)12-15/h8-11,14-15,17,19H,5-7,12-13H2,1-4H3. The molecule has 1 heteroatoms. The molecule has 2 aliphatic rings. The Labute approximate surface area is 130 Å². The maximum atomic E-state index is 6.41. The molecule has 116 valence electrons. The van der Waals surface area contributed by atoms with E-state index in [0.717, 1.165) is 23.5 Å². The van der Waals surface area contributed by atoms with E-state index >= 15 is 0 Å². The smallest absolute Gasteiger partial charge is 0.120 e. The number of rotatable bonds is 5. The summed E-state index contributed by atoms with van der Waals surface area (Å²) in [5, 5.41) is 0. The van der Waals surface area contributed by atoms with Gasteiger partial charge >= 0.3 is 0 Å². The molecule has 0 saturated heterocycles. The second-order valence-corrected chi connectivity index (χ2v) is 7.87. The Kier molecular flexibility index (Phi) is 4.03. The quantitative estimate of drug-likeness (QED) is 0.665. The Morgan fingerprint density at radius 2 is 1.86 bits per heavy atom. The SMILES string of the molecule is CCC(C)c1ccc(OC(C)(C)C2CC3CCC2C3)cc1. The van der Waals surface area contributed by atoms with Crippen LogP contribution in [0.3, 0.4) is 0 Å². The number of benzene rings is 1. The molecule has 0 radical (unpaired) electrons. The molecule has 2 aliphatic carbocycles. The molecule has 3 rings (SSSR count). The van der Waals surface area contributed by atoms with Crippen LogP contribution in [0.2, 0.25) is 0 Å². The molecule has 1 aromatic carbocycles. The molecule has 2 bridgehead atoms. The van der Waals surface area contributed by atoms with Crippen molar-refractivity contribution in [3.63, 3.8) is 0 Å². The van der Waals surface area contributed by atoms with Gasteiger partial charge in [-0.15, -0.1) is 0 Å². The third kappa shape index (κ3) is 2.98. The van der Waals surface area contributed by atoms with Crippen molar-refractivity contribution in [1.29, 1.82) is 0 Å². The van der Waals surface area contributed by atoms with E-state index in [4.69, 9.17) is 4.74 Å². The predicted octanol–water partition coefficient (Wildman–Crippen LogP) is 5.79. The highest BCUT2D eigenvalue weighted by Gasteiger charge is 2.47. The fraction of sp³-hybridized carbons (Fsp3) is 0.700. The minimum absolute atomic E-state index is 0.0300. The van der Waals surface area contributed by atoms with Gasteiger partial charge in [-0.25, -0.2) is 0 Å². The zero-order chi connectivity index (χ0) is 15.0. The van der Waals surface area contributed by atoms with Crippen molar-refractivity contribution in [2.75, 3.05) is 0 Å². The molecule has 0 spiro atoms. The van der Waals surface area contributed by atoms with Crippen molar-refractivity contribution in [2.24, 2.45) is 17.8 Å². The van der Waals surface area contributed by atoms with E-state index in [0.29, 0.717) is 5.92 Å². The molecule has 4 unspecified atom stereocenters. The Hall–Kier alpha value is -0.980. The van der Waals surface area contributed by atoms with Crippen LogP contribution >= 0.6 is 0 Å². The van der Waals surface area contributed by atoms with Crippen LogP contribution in [0.1, 0.15) is 71.3 Å². The summed E-state index contributed by atoms with van der Waals surface area (Å²) in [6.45, 7) is 9.12. The van der Waals surface area contributed by atoms with Crippen LogP contribution in [-0.2, 0) is 0 Å². The zero-order valence-electron chi connectivity index (χ0n) is 14.1. The maximum absolute atomic E-state index is 6.41. The monoisotopic (exact) mass is 286 g/mol. The minimum Gasteiger partial charge on any atom is -0.488 e. The summed E-state index contributed by atoms with van der Waals surface area (Å²) in [6, 6.07) is 8.80. The van der Waals surface area contributed by atoms with E-state index in [1.807, 2.05) is 0 Å². The van der Waals surface area contributed by atoms with Gasteiger partial charge in [-0.05, 0) is 75.0 Å². The van der Waals surface area contributed by atoms with E-state index < -0.39 is 0 Å². The predicted molar refractivity (Wildman–Crippen MR) is 88.8 cm³/mol. The molecule has 0 N–H and O–H groups in total. The van der Waals surface area contributed by atoms with E-state index in [9.17, 15) is 0 Å². The van der Waals surface area contributed by atoms with E-state index in [1.165, 1.54) is 37.7 Å². The second-order valence-electron chi connectivity index (χ2n) is 7.87. The first-order valence-electron chi connectivity index (χ1n) is 8.78. The van der Waals surface area contributed by atoms with Crippen molar-refractivity contribution in [2.45, 2.75) is 71.3 Å². The van der Waals surface area contributed by atoms with Crippen molar-refractivity contribution in [1.82, 2.24) is 0 Å². The van der Waals surface area contributed by atoms with Crippen LogP contribution in [0.4, 0.5) is 0 Å². The van der Waals surface area contributed by atoms with Crippen molar-refractivity contribution in [3.8, 4) is 5.75 Å². The summed E-state index contributed by atoms with van der Waals surface area (Å²) >= 11 is 0. The van der Waals surface area contributed by atoms with Gasteiger partial charge in [-0.3, -0.25) is 0 Å². The number of fused-ring (bicyclic) bond motifs is 2. The van der Waals surface area contributed by atoms with Crippen molar-refractivity contribution < 1.29 is 4.74 Å². The van der Waals surface area contributed by atoms with Gasteiger partial charge in [0, 0.05) is 5.92 Å². The molecule has 4 atom stereocenters. The molecule has 0 aliphatic heterocycles. The highest BCUT2D eigenvalue weighted by atomic mass is 16.5. The van der Waals surface area contributed by atoms with Gasteiger partial charge in [-0.2, -0.15) is 0 Å². The molecule has 0 heterocycles. The van der Waals surface area contributed by atoms with Crippen LogP contribution in [0.5, 0.6) is 5.75 Å². The molecule has 2 saturated carbocycles. The lowest BCUT2D eigenvalue weighted by atomic mass is 9.78. The fourth-order valence-corrected chi connectivity index (χ4v) is 4.58. The zero-order valence-corrected chi connectivity index (χ0v) is 14.1. The van der Waals surface area contributed by atoms with Crippen molar-refractivity contribution in [3.05, 3.63) is 29.8 Å². The summed E-state index contributed by atoms with van der Waals surface area (Å²) < 4.78 is 6.41. The highest BCUT2D eigenvalue weighted by molar-refractivity contribution is 5.29. The lowest BCUT2D eigenvalue weighted by Gasteiger charge is -2.37. The lowest BCUT2D eigenvalue weighted by molar-refractivity contribution is 0.0162. The van der Waals surface area contributed by atoms with Gasteiger partial charge in [-0.1, -0.05) is 32.4 Å². The molecule has 0 aromatic heterocycles. The molecule has 1 aromatic rings. The summed E-state index contributed by atoms with van der Waals surface area (Å²) in [5.41, 5.74) is 1.39. The first-order chi connectivity index (χ1) is 9.99. The molecule has 1 nitrogen and oxygen atoms in total. The van der Waals surface area contributed by atoms with Crippen LogP contribution in [0.25, 0.3) is 0 Å². The third-order valence-corrected chi connectivity index (χ3v) is 6.07. The molecule has 2 fully saturated rings. The molecule has 21 heavy (non-hydrogen) atoms. The van der Waals surface area contributed by atoms with E-state index in [-0.39, 0.29) is 5.60 Å². The van der Waals surface area contributed by atoms with Crippen LogP contribution in [-0.4, -0.2) is 5.60 Å². The number of ether oxygens (including phenoxy) is 1. The number of hydrogen-bond donors (Lipinski definition) is 0. The van der Waals surface area contributed by atoms with Gasteiger partial charge in [0.1, 0.15) is 11.4 Å². The summed E-state index contributed by atoms with van der Waals surface area (Å²) in [6.07, 6.45) is 6.90. The number of hydrogen-bond acceptors (Lipinski definition) is 1. The largest absolute Gasteiger partial charge is 0.488 e. The van der Waals surface area contributed by atoms with Gasteiger partial charge in [0.2, 0.25) is 0 Å². The Morgan fingerprint density at radius 1 is 1.14 bits per heavy atom. The normalized spacial score (nSPS) is 29.6. The van der Waals surface area contributed by atoms with Crippen LogP contribution in [0, 0.1) is 17.8 Å². The van der Waals surface area contributed by atoms with Gasteiger partial charge in [0.25, 0.3) is 0 Å². The maximum Gasteiger partial charge on any atom is 0.120 e. The van der Waals surface area contributed by atoms with Crippen LogP contribution < -0.4 is 4.74 Å². The average molecular weight is 286 g/mol. The summed E-state index contributed by atoms with van der Waals surface area (Å²) in [5.74, 6) is 4.30. The van der Waals surface area contributed by atoms with E-state index in [1.54, 1.807) is 0 Å². The Balaban J connectivity index is 1.67. The Bertz CT molecular complexity index is 473. The minimum atomic E-state index is -0.0300. The van der Waals surface area contributed by atoms with Gasteiger partial charge < -0.3 is 4.74 Å². The highest BCUT2D eigenvalue weighted by Crippen LogP contribution is 2.52. The summed E-state index contributed by atoms with van der Waals surface area (Å²) in [4.78, 5) is 0. The average Bonchev–Trinajstić information content (AvgIpc) is 3.10. The van der Waals surface area contributed by atoms with Gasteiger partial charge in [0.15, 0.2) is 0 Å². The first kappa shape index (κ1) is 14.9. The summed E-state index contributed by atoms with van der Waals surface area (Å²) in [7, 11) is 0. The third-order valence-electron chi connectivity index (χ3n) is 6.07. The fourth-order valence-electron chi connectivity index (χ4n) is 4.58. The van der Waals surface area contributed by atoms with Gasteiger partial charge in [0.05, 0.1) is 0 Å². The Morgan fingerprint density at radius 3 is 2.38 bits per heavy atom.